The second-order valence-electron chi connectivity index (χ2n) is 5.28. The van der Waals surface area contributed by atoms with E-state index in [0.717, 1.165) is 12.8 Å². The highest BCUT2D eigenvalue weighted by Gasteiger charge is 2.44. The summed E-state index contributed by atoms with van der Waals surface area (Å²) in [6.07, 6.45) is 3.65. The maximum atomic E-state index is 12.2. The molecule has 1 rings (SSSR count). The zero-order valence-corrected chi connectivity index (χ0v) is 12.5. The molecule has 2 amide bonds. The molecule has 6 nitrogen and oxygen atoms in total. The smallest absolute Gasteiger partial charge is 0.329 e. The van der Waals surface area contributed by atoms with Gasteiger partial charge in [0.1, 0.15) is 5.54 Å². The van der Waals surface area contributed by atoms with Gasteiger partial charge in [0.15, 0.2) is 0 Å². The van der Waals surface area contributed by atoms with Crippen molar-refractivity contribution in [2.75, 3.05) is 18.6 Å². The molecular formula is C12H22N2O4S. The largest absolute Gasteiger partial charge is 0.480 e. The van der Waals surface area contributed by atoms with Crippen LogP contribution in [-0.2, 0) is 15.6 Å². The van der Waals surface area contributed by atoms with Gasteiger partial charge in [0.2, 0.25) is 0 Å². The van der Waals surface area contributed by atoms with E-state index < -0.39 is 22.3 Å². The summed E-state index contributed by atoms with van der Waals surface area (Å²) < 4.78 is 11.1. The first kappa shape index (κ1) is 15.9. The summed E-state index contributed by atoms with van der Waals surface area (Å²) in [7, 11) is -0.995. The van der Waals surface area contributed by atoms with E-state index in [4.69, 9.17) is 0 Å². The second-order valence-corrected chi connectivity index (χ2v) is 6.76. The third-order valence-corrected chi connectivity index (χ3v) is 4.42. The summed E-state index contributed by atoms with van der Waals surface area (Å²) in [6.45, 7) is 3.79. The van der Waals surface area contributed by atoms with Crippen molar-refractivity contribution >= 4 is 22.8 Å². The third kappa shape index (κ3) is 3.92. The molecule has 0 bridgehead atoms. The molecule has 3 atom stereocenters. The first-order valence-corrected chi connectivity index (χ1v) is 8.11. The zero-order valence-electron chi connectivity index (χ0n) is 11.6. The normalized spacial score (nSPS) is 26.6. The predicted octanol–water partition coefficient (Wildman–Crippen LogP) is 0.792. The number of hydrogen-bond donors (Lipinski definition) is 2. The number of carbonyl (C=O) groups excluding carboxylic acids is 1. The SMILES string of the molecule is CC(CS(C)=O)NC(=O)N1CCCCC1(C)C(=O)O. The number of carboxylic acids is 1. The molecule has 0 saturated carbocycles. The van der Waals surface area contributed by atoms with Crippen LogP contribution in [0.25, 0.3) is 0 Å². The summed E-state index contributed by atoms with van der Waals surface area (Å²) in [5.41, 5.74) is -1.15. The van der Waals surface area contributed by atoms with Crippen molar-refractivity contribution < 1.29 is 18.9 Å². The number of carboxylic acid groups (broad SMARTS) is 1. The maximum Gasteiger partial charge on any atom is 0.329 e. The molecule has 1 heterocycles. The van der Waals surface area contributed by atoms with Gasteiger partial charge in [-0.05, 0) is 33.1 Å². The van der Waals surface area contributed by atoms with E-state index >= 15 is 0 Å². The lowest BCUT2D eigenvalue weighted by molar-refractivity contribution is -0.150. The summed E-state index contributed by atoms with van der Waals surface area (Å²) in [6, 6.07) is -0.624. The van der Waals surface area contributed by atoms with Gasteiger partial charge in [0.05, 0.1) is 0 Å². The second kappa shape index (κ2) is 6.36. The number of carbonyl (C=O) groups is 2. The Hall–Kier alpha value is -1.11. The van der Waals surface area contributed by atoms with E-state index in [-0.39, 0.29) is 12.1 Å². The van der Waals surface area contributed by atoms with Crippen molar-refractivity contribution in [1.82, 2.24) is 10.2 Å². The molecule has 0 spiro atoms. The molecule has 3 unspecified atom stereocenters. The van der Waals surface area contributed by atoms with Gasteiger partial charge in [-0.3, -0.25) is 4.21 Å². The van der Waals surface area contributed by atoms with Crippen LogP contribution < -0.4 is 5.32 Å². The van der Waals surface area contributed by atoms with Gasteiger partial charge in [0.25, 0.3) is 0 Å². The molecule has 0 aromatic rings. The Labute approximate surface area is 116 Å². The van der Waals surface area contributed by atoms with Gasteiger partial charge < -0.3 is 15.3 Å². The fraction of sp³-hybridized carbons (Fsp3) is 0.833. The minimum absolute atomic E-state index is 0.238. The van der Waals surface area contributed by atoms with Crippen molar-refractivity contribution in [2.45, 2.75) is 44.7 Å². The zero-order chi connectivity index (χ0) is 14.6. The number of nitrogens with one attached hydrogen (secondary N) is 1. The summed E-state index contributed by atoms with van der Waals surface area (Å²) in [5, 5.41) is 12.0. The number of likely N-dealkylation sites (tertiary alicyclic amines) is 1. The van der Waals surface area contributed by atoms with Crippen molar-refractivity contribution in [3.8, 4) is 0 Å². The van der Waals surface area contributed by atoms with E-state index in [1.807, 2.05) is 0 Å². The van der Waals surface area contributed by atoms with E-state index in [0.29, 0.717) is 18.7 Å². The van der Waals surface area contributed by atoms with Crippen LogP contribution in [0.1, 0.15) is 33.1 Å². The van der Waals surface area contributed by atoms with Crippen molar-refractivity contribution in [3.63, 3.8) is 0 Å². The number of rotatable bonds is 4. The molecule has 7 heteroatoms. The minimum Gasteiger partial charge on any atom is -0.480 e. The van der Waals surface area contributed by atoms with Gasteiger partial charge in [-0.2, -0.15) is 0 Å². The predicted molar refractivity (Wildman–Crippen MR) is 73.5 cm³/mol. The lowest BCUT2D eigenvalue weighted by Gasteiger charge is -2.41. The molecule has 0 radical (unpaired) electrons. The number of piperidine rings is 1. The fourth-order valence-electron chi connectivity index (χ4n) is 2.35. The number of amides is 2. The molecule has 19 heavy (non-hydrogen) atoms. The van der Waals surface area contributed by atoms with Crippen LogP contribution >= 0.6 is 0 Å². The minimum atomic E-state index is -1.15. The van der Waals surface area contributed by atoms with Crippen LogP contribution in [-0.4, -0.2) is 56.3 Å². The highest BCUT2D eigenvalue weighted by molar-refractivity contribution is 7.84. The van der Waals surface area contributed by atoms with Crippen LogP contribution in [0.15, 0.2) is 0 Å². The number of urea groups is 1. The van der Waals surface area contributed by atoms with E-state index in [1.54, 1.807) is 20.1 Å². The first-order valence-electron chi connectivity index (χ1n) is 6.39. The fourth-order valence-corrected chi connectivity index (χ4v) is 3.14. The molecule has 1 saturated heterocycles. The van der Waals surface area contributed by atoms with Crippen LogP contribution in [0.3, 0.4) is 0 Å². The molecule has 2 N–H and O–H groups in total. The van der Waals surface area contributed by atoms with Gasteiger partial charge >= 0.3 is 12.0 Å². The Kier molecular flexibility index (Phi) is 5.34. The van der Waals surface area contributed by atoms with Gasteiger partial charge in [-0.25, -0.2) is 9.59 Å². The Morgan fingerprint density at radius 2 is 2.11 bits per heavy atom. The molecular weight excluding hydrogens is 268 g/mol. The summed E-state index contributed by atoms with van der Waals surface area (Å²) >= 11 is 0. The standard InChI is InChI=1S/C12H22N2O4S/c1-9(8-19(3)18)13-11(17)14-7-5-4-6-12(14,2)10(15)16/h9H,4-8H2,1-3H3,(H,13,17)(H,15,16). The third-order valence-electron chi connectivity index (χ3n) is 3.45. The van der Waals surface area contributed by atoms with Crippen LogP contribution in [0.2, 0.25) is 0 Å². The first-order chi connectivity index (χ1) is 8.77. The highest BCUT2D eigenvalue weighted by atomic mass is 32.2. The Balaban J connectivity index is 2.73. The highest BCUT2D eigenvalue weighted by Crippen LogP contribution is 2.28. The molecule has 1 fully saturated rings. The van der Waals surface area contributed by atoms with Crippen molar-refractivity contribution in [1.29, 1.82) is 0 Å². The van der Waals surface area contributed by atoms with E-state index in [2.05, 4.69) is 5.32 Å². The summed E-state index contributed by atoms with van der Waals surface area (Å²) in [4.78, 5) is 24.9. The van der Waals surface area contributed by atoms with Gasteiger partial charge in [0, 0.05) is 35.4 Å². The molecule has 1 aliphatic rings. The molecule has 0 aromatic carbocycles. The van der Waals surface area contributed by atoms with Gasteiger partial charge in [-0.1, -0.05) is 0 Å². The molecule has 110 valence electrons. The summed E-state index contributed by atoms with van der Waals surface area (Å²) in [5.74, 6) is -0.613. The van der Waals surface area contributed by atoms with Crippen molar-refractivity contribution in [3.05, 3.63) is 0 Å². The average Bonchev–Trinajstić information content (AvgIpc) is 2.27. The number of aliphatic carboxylic acids is 1. The monoisotopic (exact) mass is 290 g/mol. The Bertz CT molecular complexity index is 388. The van der Waals surface area contributed by atoms with Crippen LogP contribution in [0, 0.1) is 0 Å². The van der Waals surface area contributed by atoms with E-state index in [9.17, 15) is 18.9 Å². The number of hydrogen-bond acceptors (Lipinski definition) is 3. The van der Waals surface area contributed by atoms with Crippen molar-refractivity contribution in [2.24, 2.45) is 0 Å². The molecule has 0 aromatic heterocycles. The molecule has 0 aliphatic carbocycles. The molecule has 1 aliphatic heterocycles. The lowest BCUT2D eigenvalue weighted by Crippen LogP contribution is -2.61. The number of nitrogens with zero attached hydrogens (tertiary/aromatic N) is 1. The lowest BCUT2D eigenvalue weighted by atomic mass is 9.89. The Morgan fingerprint density at radius 1 is 1.47 bits per heavy atom. The van der Waals surface area contributed by atoms with Crippen LogP contribution in [0.5, 0.6) is 0 Å². The van der Waals surface area contributed by atoms with Crippen LogP contribution in [0.4, 0.5) is 4.79 Å². The maximum absolute atomic E-state index is 12.2. The average molecular weight is 290 g/mol. The van der Waals surface area contributed by atoms with Gasteiger partial charge in [-0.15, -0.1) is 0 Å². The topological polar surface area (TPSA) is 86.7 Å². The Morgan fingerprint density at radius 3 is 2.63 bits per heavy atom. The quantitative estimate of drug-likeness (QED) is 0.801. The van der Waals surface area contributed by atoms with E-state index in [1.165, 1.54) is 4.90 Å².